The number of hydrogen-bond acceptors (Lipinski definition) is 6. The minimum absolute atomic E-state index is 0. The minimum atomic E-state index is -1.18. The van der Waals surface area contributed by atoms with Gasteiger partial charge in [-0.2, -0.15) is 0 Å². The Labute approximate surface area is 186 Å². The van der Waals surface area contributed by atoms with Crippen molar-refractivity contribution in [1.29, 1.82) is 0 Å². The van der Waals surface area contributed by atoms with Gasteiger partial charge in [0.15, 0.2) is 5.65 Å². The van der Waals surface area contributed by atoms with Crippen LogP contribution in [0.5, 0.6) is 11.6 Å². The topological polar surface area (TPSA) is 136 Å². The van der Waals surface area contributed by atoms with Crippen LogP contribution in [0, 0.1) is 0 Å². The summed E-state index contributed by atoms with van der Waals surface area (Å²) in [6, 6.07) is 5.54. The van der Waals surface area contributed by atoms with Gasteiger partial charge in [0.25, 0.3) is 0 Å². The van der Waals surface area contributed by atoms with Gasteiger partial charge >= 0.3 is 70.8 Å². The van der Waals surface area contributed by atoms with Crippen molar-refractivity contribution >= 4 is 17.1 Å². The molecular formula is C14H12N4Na2O5. The second kappa shape index (κ2) is 9.95. The molecule has 0 spiro atoms. The predicted octanol–water partition coefficient (Wildman–Crippen LogP) is -6.79. The Kier molecular flexibility index (Phi) is 9.41. The number of benzene rings is 1. The summed E-state index contributed by atoms with van der Waals surface area (Å²) in [5.74, 6) is -2.15. The molecule has 0 radical (unpaired) electrons. The minimum Gasteiger partial charge on any atom is -0.872 e. The molecule has 11 heteroatoms. The maximum Gasteiger partial charge on any atom is 1.00 e. The Hall–Kier alpha value is -1.36. The van der Waals surface area contributed by atoms with Crippen LogP contribution in [0.4, 0.5) is 0 Å². The molecule has 3 aromatic rings. The molecule has 120 valence electrons. The smallest absolute Gasteiger partial charge is 0.872 e. The van der Waals surface area contributed by atoms with Gasteiger partial charge in [-0.05, 0) is 6.07 Å². The van der Waals surface area contributed by atoms with Gasteiger partial charge in [-0.1, -0.05) is 23.9 Å². The number of carbonyl (C=O) groups is 1. The van der Waals surface area contributed by atoms with E-state index >= 15 is 0 Å². The third-order valence-corrected chi connectivity index (χ3v) is 3.04. The Morgan fingerprint density at radius 1 is 1.16 bits per heavy atom. The van der Waals surface area contributed by atoms with Gasteiger partial charge in [-0.25, -0.2) is 19.6 Å². The maximum absolute atomic E-state index is 11.2. The molecule has 1 N–H and O–H groups in total. The first-order valence-electron chi connectivity index (χ1n) is 6.37. The quantitative estimate of drug-likeness (QED) is 0.425. The van der Waals surface area contributed by atoms with E-state index in [2.05, 4.69) is 9.97 Å². The van der Waals surface area contributed by atoms with E-state index in [1.165, 1.54) is 42.2 Å². The zero-order chi connectivity index (χ0) is 17.1. The monoisotopic (exact) mass is 362 g/mol. The Bertz CT molecular complexity index is 939. The van der Waals surface area contributed by atoms with Crippen LogP contribution in [-0.4, -0.2) is 30.2 Å². The molecule has 0 saturated carbocycles. The number of imidazole rings is 1. The molecule has 0 aliphatic carbocycles. The van der Waals surface area contributed by atoms with Crippen LogP contribution in [0.3, 0.4) is 0 Å². The van der Waals surface area contributed by atoms with Gasteiger partial charge in [0.1, 0.15) is 0 Å². The standard InChI is InChI=1S/C7H8N4O2.C7H6O3.2Na/c1-10-3-8-5-4(10)6(12)9-7(13)11(5)2;8-6-4-2-1-3-5(6)7(9)10;;/h3H,1-2H3,(H,9,12,13);1-4,8H,(H,9,10);;/q;;2*+1/p-2. The first-order chi connectivity index (χ1) is 10.8. The molecular weight excluding hydrogens is 350 g/mol. The van der Waals surface area contributed by atoms with E-state index in [1.54, 1.807) is 11.6 Å². The molecule has 0 aliphatic heterocycles. The fraction of sp³-hybridized carbons (Fsp3) is 0.143. The van der Waals surface area contributed by atoms with Crippen molar-refractivity contribution in [2.24, 2.45) is 14.1 Å². The summed E-state index contributed by atoms with van der Waals surface area (Å²) >= 11 is 0. The van der Waals surface area contributed by atoms with Crippen LogP contribution in [-0.2, 0) is 14.1 Å². The fourth-order valence-corrected chi connectivity index (χ4v) is 1.86. The molecule has 9 nitrogen and oxygen atoms in total. The molecule has 0 bridgehead atoms. The van der Waals surface area contributed by atoms with Gasteiger partial charge < -0.3 is 19.9 Å². The number of hydrogen-bond donors (Lipinski definition) is 1. The second-order valence-electron chi connectivity index (χ2n) is 4.59. The summed E-state index contributed by atoms with van der Waals surface area (Å²) in [5, 5.41) is 30.3. The molecule has 2 heterocycles. The average molecular weight is 362 g/mol. The SMILES string of the molecule is Cn1cnc2c1c([O-])nc(=O)n2C.O=C(O)c1ccccc1[O-].[Na+].[Na+]. The van der Waals surface area contributed by atoms with E-state index in [4.69, 9.17) is 5.11 Å². The number of nitrogens with zero attached hydrogens (tertiary/aromatic N) is 4. The van der Waals surface area contributed by atoms with E-state index in [0.717, 1.165) is 0 Å². The van der Waals surface area contributed by atoms with Crippen molar-refractivity contribution in [2.75, 3.05) is 0 Å². The van der Waals surface area contributed by atoms with Crippen molar-refractivity contribution in [2.45, 2.75) is 0 Å². The summed E-state index contributed by atoms with van der Waals surface area (Å²) < 4.78 is 2.79. The van der Waals surface area contributed by atoms with Gasteiger partial charge in [-0.15, -0.1) is 0 Å². The first-order valence-corrected chi connectivity index (χ1v) is 6.37. The third-order valence-electron chi connectivity index (χ3n) is 3.04. The number of rotatable bonds is 1. The molecule has 1 aromatic carbocycles. The van der Waals surface area contributed by atoms with Crippen LogP contribution in [0.1, 0.15) is 10.4 Å². The number of para-hydroxylation sites is 1. The van der Waals surface area contributed by atoms with E-state index in [0.29, 0.717) is 11.2 Å². The Morgan fingerprint density at radius 2 is 1.76 bits per heavy atom. The summed E-state index contributed by atoms with van der Waals surface area (Å²) in [7, 11) is 3.22. The number of aromatic nitrogens is 4. The normalized spacial score (nSPS) is 9.36. The molecule has 25 heavy (non-hydrogen) atoms. The fourth-order valence-electron chi connectivity index (χ4n) is 1.86. The molecule has 0 amide bonds. The summed E-state index contributed by atoms with van der Waals surface area (Å²) in [5.41, 5.74) is -0.0340. The van der Waals surface area contributed by atoms with Crippen LogP contribution >= 0.6 is 0 Å². The summed E-state index contributed by atoms with van der Waals surface area (Å²) in [6.45, 7) is 0. The number of aromatic carboxylic acids is 1. The van der Waals surface area contributed by atoms with E-state index in [9.17, 15) is 19.8 Å². The van der Waals surface area contributed by atoms with Crippen molar-refractivity contribution in [3.05, 3.63) is 46.6 Å². The van der Waals surface area contributed by atoms with Crippen LogP contribution in [0.15, 0.2) is 35.4 Å². The first kappa shape index (κ1) is 23.6. The maximum atomic E-state index is 11.2. The molecule has 0 fully saturated rings. The Morgan fingerprint density at radius 3 is 2.28 bits per heavy atom. The van der Waals surface area contributed by atoms with E-state index < -0.39 is 23.3 Å². The van der Waals surface area contributed by atoms with Gasteiger partial charge in [-0.3, -0.25) is 4.57 Å². The largest absolute Gasteiger partial charge is 1.00 e. The van der Waals surface area contributed by atoms with E-state index in [-0.39, 0.29) is 64.7 Å². The summed E-state index contributed by atoms with van der Waals surface area (Å²) in [6.07, 6.45) is 1.48. The predicted molar refractivity (Wildman–Crippen MR) is 76.0 cm³/mol. The number of carboxylic acids is 1. The van der Waals surface area contributed by atoms with Crippen LogP contribution < -0.4 is 75.0 Å². The third kappa shape index (κ3) is 5.30. The molecule has 0 aliphatic rings. The molecule has 2 aromatic heterocycles. The Balaban J connectivity index is 0.000000440. The van der Waals surface area contributed by atoms with Crippen molar-refractivity contribution < 1.29 is 79.2 Å². The zero-order valence-electron chi connectivity index (χ0n) is 14.3. The zero-order valence-corrected chi connectivity index (χ0v) is 18.3. The second-order valence-corrected chi connectivity index (χ2v) is 4.59. The molecule has 0 atom stereocenters. The van der Waals surface area contributed by atoms with Gasteiger partial charge in [0.2, 0.25) is 0 Å². The number of fused-ring (bicyclic) bond motifs is 1. The summed E-state index contributed by atoms with van der Waals surface area (Å²) in [4.78, 5) is 28.5. The van der Waals surface area contributed by atoms with Crippen molar-refractivity contribution in [3.63, 3.8) is 0 Å². The van der Waals surface area contributed by atoms with Gasteiger partial charge in [0.05, 0.1) is 17.4 Å². The van der Waals surface area contributed by atoms with Crippen molar-refractivity contribution in [1.82, 2.24) is 19.1 Å². The van der Waals surface area contributed by atoms with Crippen LogP contribution in [0.2, 0.25) is 0 Å². The molecule has 0 saturated heterocycles. The molecule has 3 rings (SSSR count). The average Bonchev–Trinajstić information content (AvgIpc) is 2.88. The number of aryl methyl sites for hydroxylation is 2. The van der Waals surface area contributed by atoms with E-state index in [1.807, 2.05) is 0 Å². The van der Waals surface area contributed by atoms with Crippen molar-refractivity contribution in [3.8, 4) is 11.6 Å². The number of carboxylic acid groups (broad SMARTS) is 1. The molecule has 0 unspecified atom stereocenters. The van der Waals surface area contributed by atoms with Crippen LogP contribution in [0.25, 0.3) is 11.2 Å². The van der Waals surface area contributed by atoms with Gasteiger partial charge in [0, 0.05) is 20.0 Å².